The van der Waals surface area contributed by atoms with Gasteiger partial charge in [0.1, 0.15) is 6.73 Å². The lowest BCUT2D eigenvalue weighted by molar-refractivity contribution is -0.119. The fraction of sp³-hybridized carbons (Fsp3) is 0.750. The van der Waals surface area contributed by atoms with Gasteiger partial charge in [-0.05, 0) is 5.92 Å². The Hall–Kier alpha value is -0.570. The zero-order chi connectivity index (χ0) is 8.69. The molecule has 11 heavy (non-hydrogen) atoms. The monoisotopic (exact) mass is 158 g/mol. The molecule has 0 aliphatic carbocycles. The molecular weight excluding hydrogens is 142 g/mol. The van der Waals surface area contributed by atoms with Gasteiger partial charge in [0, 0.05) is 6.42 Å². The van der Waals surface area contributed by atoms with E-state index in [4.69, 9.17) is 4.74 Å². The summed E-state index contributed by atoms with van der Waals surface area (Å²) in [6.45, 7) is 6.81. The topological polar surface area (TPSA) is 38.3 Å². The third-order valence-electron chi connectivity index (χ3n) is 1.06. The highest BCUT2D eigenvalue weighted by Gasteiger charge is 1.96. The van der Waals surface area contributed by atoms with Gasteiger partial charge in [0.25, 0.3) is 0 Å². The van der Waals surface area contributed by atoms with E-state index in [1.807, 2.05) is 0 Å². The first-order valence-electron chi connectivity index (χ1n) is 3.81. The van der Waals surface area contributed by atoms with E-state index in [-0.39, 0.29) is 5.91 Å². The highest BCUT2D eigenvalue weighted by atomic mass is 16.5. The molecule has 0 atom stereocenters. The standard InChI is InChI=1S/C8H16NO2/c1-4-8(10)9-6-11-5-7(2)3/h4,7H,5-6H2,1-3H3,(H,9,10). The molecule has 0 rings (SSSR count). The Morgan fingerprint density at radius 2 is 2.27 bits per heavy atom. The molecule has 0 aliphatic heterocycles. The fourth-order valence-corrected chi connectivity index (χ4v) is 0.519. The van der Waals surface area contributed by atoms with Crippen molar-refractivity contribution in [3.05, 3.63) is 6.42 Å². The molecule has 0 unspecified atom stereocenters. The normalized spacial score (nSPS) is 10.2. The van der Waals surface area contributed by atoms with Crippen LogP contribution in [0, 0.1) is 12.3 Å². The van der Waals surface area contributed by atoms with Crippen molar-refractivity contribution in [2.45, 2.75) is 20.8 Å². The van der Waals surface area contributed by atoms with Crippen LogP contribution in [0.5, 0.6) is 0 Å². The van der Waals surface area contributed by atoms with Gasteiger partial charge >= 0.3 is 0 Å². The molecular formula is C8H16NO2. The average molecular weight is 158 g/mol. The van der Waals surface area contributed by atoms with Gasteiger partial charge in [-0.3, -0.25) is 4.79 Å². The molecule has 0 saturated heterocycles. The van der Waals surface area contributed by atoms with Gasteiger partial charge in [0.2, 0.25) is 5.91 Å². The molecule has 0 spiro atoms. The van der Waals surface area contributed by atoms with E-state index in [0.717, 1.165) is 0 Å². The molecule has 1 amide bonds. The Kier molecular flexibility index (Phi) is 5.84. The largest absolute Gasteiger partial charge is 0.361 e. The first kappa shape index (κ1) is 10.4. The van der Waals surface area contributed by atoms with Crippen molar-refractivity contribution < 1.29 is 9.53 Å². The summed E-state index contributed by atoms with van der Waals surface area (Å²) in [5.41, 5.74) is 0. The van der Waals surface area contributed by atoms with Crippen LogP contribution >= 0.6 is 0 Å². The van der Waals surface area contributed by atoms with E-state index in [9.17, 15) is 4.79 Å². The molecule has 3 nitrogen and oxygen atoms in total. The van der Waals surface area contributed by atoms with Crippen molar-refractivity contribution in [3.63, 3.8) is 0 Å². The number of ether oxygens (including phenoxy) is 1. The first-order valence-corrected chi connectivity index (χ1v) is 3.81. The molecule has 1 N–H and O–H groups in total. The zero-order valence-corrected chi connectivity index (χ0v) is 7.39. The minimum atomic E-state index is -0.0891. The van der Waals surface area contributed by atoms with Gasteiger partial charge in [-0.25, -0.2) is 0 Å². The fourth-order valence-electron chi connectivity index (χ4n) is 0.519. The van der Waals surface area contributed by atoms with Crippen LogP contribution in [0.25, 0.3) is 0 Å². The molecule has 3 heteroatoms. The summed E-state index contributed by atoms with van der Waals surface area (Å²) in [6.07, 6.45) is 1.47. The number of nitrogens with one attached hydrogen (secondary N) is 1. The second kappa shape index (κ2) is 6.16. The van der Waals surface area contributed by atoms with Gasteiger partial charge in [-0.15, -0.1) is 0 Å². The first-order chi connectivity index (χ1) is 5.16. The molecule has 0 aromatic heterocycles. The number of hydrogen-bond acceptors (Lipinski definition) is 2. The second-order valence-electron chi connectivity index (χ2n) is 2.74. The lowest BCUT2D eigenvalue weighted by Crippen LogP contribution is -2.26. The minimum absolute atomic E-state index is 0.0891. The smallest absolute Gasteiger partial charge is 0.225 e. The maximum Gasteiger partial charge on any atom is 0.225 e. The van der Waals surface area contributed by atoms with Crippen LogP contribution in [-0.4, -0.2) is 19.2 Å². The highest BCUT2D eigenvalue weighted by Crippen LogP contribution is 1.90. The number of carbonyl (C=O) groups excluding carboxylic acids is 1. The third kappa shape index (κ3) is 7.33. The number of hydrogen-bond donors (Lipinski definition) is 1. The summed E-state index contributed by atoms with van der Waals surface area (Å²) < 4.78 is 5.12. The SMILES string of the molecule is C[CH]C(=O)NCOCC(C)C. The number of rotatable bonds is 5. The Labute approximate surface area is 68.1 Å². The molecule has 0 saturated carbocycles. The van der Waals surface area contributed by atoms with E-state index in [1.165, 1.54) is 6.42 Å². The van der Waals surface area contributed by atoms with E-state index >= 15 is 0 Å². The van der Waals surface area contributed by atoms with Gasteiger partial charge in [-0.2, -0.15) is 0 Å². The lowest BCUT2D eigenvalue weighted by atomic mass is 10.2. The van der Waals surface area contributed by atoms with Crippen molar-refractivity contribution in [2.24, 2.45) is 5.92 Å². The second-order valence-corrected chi connectivity index (χ2v) is 2.74. The Morgan fingerprint density at radius 3 is 2.73 bits per heavy atom. The summed E-state index contributed by atoms with van der Waals surface area (Å²) in [7, 11) is 0. The molecule has 1 radical (unpaired) electrons. The summed E-state index contributed by atoms with van der Waals surface area (Å²) >= 11 is 0. The van der Waals surface area contributed by atoms with Gasteiger partial charge < -0.3 is 10.1 Å². The van der Waals surface area contributed by atoms with Crippen molar-refractivity contribution in [3.8, 4) is 0 Å². The highest BCUT2D eigenvalue weighted by molar-refractivity contribution is 5.83. The van der Waals surface area contributed by atoms with Crippen LogP contribution in [0.15, 0.2) is 0 Å². The van der Waals surface area contributed by atoms with Crippen molar-refractivity contribution in [2.75, 3.05) is 13.3 Å². The summed E-state index contributed by atoms with van der Waals surface area (Å²) in [6, 6.07) is 0. The number of amides is 1. The molecule has 0 aromatic carbocycles. The van der Waals surface area contributed by atoms with Crippen LogP contribution in [-0.2, 0) is 9.53 Å². The molecule has 0 aromatic rings. The van der Waals surface area contributed by atoms with Crippen LogP contribution in [0.1, 0.15) is 20.8 Å². The zero-order valence-electron chi connectivity index (χ0n) is 7.39. The molecule has 0 heterocycles. The maximum absolute atomic E-state index is 10.6. The quantitative estimate of drug-likeness (QED) is 0.478. The third-order valence-corrected chi connectivity index (χ3v) is 1.06. The van der Waals surface area contributed by atoms with Crippen molar-refractivity contribution >= 4 is 5.91 Å². The van der Waals surface area contributed by atoms with Gasteiger partial charge in [-0.1, -0.05) is 20.8 Å². The number of carbonyl (C=O) groups is 1. The van der Waals surface area contributed by atoms with Crippen LogP contribution in [0.3, 0.4) is 0 Å². The predicted octanol–water partition coefficient (Wildman–Crippen LogP) is 0.957. The van der Waals surface area contributed by atoms with E-state index in [0.29, 0.717) is 19.3 Å². The predicted molar refractivity (Wildman–Crippen MR) is 43.8 cm³/mol. The van der Waals surface area contributed by atoms with E-state index in [1.54, 1.807) is 6.92 Å². The Bertz CT molecular complexity index is 113. The Balaban J connectivity index is 3.08. The van der Waals surface area contributed by atoms with Crippen molar-refractivity contribution in [1.29, 1.82) is 0 Å². The van der Waals surface area contributed by atoms with E-state index in [2.05, 4.69) is 19.2 Å². The maximum atomic E-state index is 10.6. The summed E-state index contributed by atoms with van der Waals surface area (Å²) in [5, 5.41) is 2.57. The van der Waals surface area contributed by atoms with Crippen LogP contribution in [0.2, 0.25) is 0 Å². The summed E-state index contributed by atoms with van der Waals surface area (Å²) in [4.78, 5) is 10.6. The average Bonchev–Trinajstić information content (AvgIpc) is 1.97. The molecule has 65 valence electrons. The van der Waals surface area contributed by atoms with Crippen LogP contribution < -0.4 is 5.32 Å². The molecule has 0 aliphatic rings. The molecule has 0 fully saturated rings. The Morgan fingerprint density at radius 1 is 1.64 bits per heavy atom. The lowest BCUT2D eigenvalue weighted by Gasteiger charge is -2.06. The van der Waals surface area contributed by atoms with Crippen LogP contribution in [0.4, 0.5) is 0 Å². The van der Waals surface area contributed by atoms with Crippen molar-refractivity contribution in [1.82, 2.24) is 5.32 Å². The molecule has 0 bridgehead atoms. The van der Waals surface area contributed by atoms with E-state index < -0.39 is 0 Å². The van der Waals surface area contributed by atoms with Gasteiger partial charge in [0.15, 0.2) is 0 Å². The summed E-state index contributed by atoms with van der Waals surface area (Å²) in [5.74, 6) is 0.422. The minimum Gasteiger partial charge on any atom is -0.361 e. The van der Waals surface area contributed by atoms with Gasteiger partial charge in [0.05, 0.1) is 6.61 Å².